The van der Waals surface area contributed by atoms with Gasteiger partial charge in [0.05, 0.1) is 6.61 Å². The zero-order valence-corrected chi connectivity index (χ0v) is 9.21. The van der Waals surface area contributed by atoms with Gasteiger partial charge in [0.25, 0.3) is 0 Å². The molecule has 1 aromatic rings. The summed E-state index contributed by atoms with van der Waals surface area (Å²) < 4.78 is 1.11. The van der Waals surface area contributed by atoms with Crippen LogP contribution in [0.4, 0.5) is 0 Å². The van der Waals surface area contributed by atoms with Crippen molar-refractivity contribution in [2.24, 2.45) is 0 Å². The summed E-state index contributed by atoms with van der Waals surface area (Å²) in [6.07, 6.45) is 3.46. The molecule has 64 valence electrons. The van der Waals surface area contributed by atoms with Crippen LogP contribution in [0.25, 0.3) is 6.08 Å². The molecule has 0 atom stereocenters. The van der Waals surface area contributed by atoms with Gasteiger partial charge in [0.15, 0.2) is 0 Å². The predicted molar refractivity (Wildman–Crippen MR) is 60.3 cm³/mol. The van der Waals surface area contributed by atoms with Crippen molar-refractivity contribution in [2.75, 3.05) is 6.61 Å². The lowest BCUT2D eigenvalue weighted by molar-refractivity contribution is 0.343. The Morgan fingerprint density at radius 3 is 2.83 bits per heavy atom. The second kappa shape index (κ2) is 4.84. The molecule has 1 rings (SSSR count). The number of hydrogen-bond donors (Lipinski definition) is 1. The Bertz CT molecular complexity index is 297. The third-order valence-electron chi connectivity index (χ3n) is 1.37. The summed E-state index contributed by atoms with van der Waals surface area (Å²) >= 11 is 8.13. The average Bonchev–Trinajstić information content (AvgIpc) is 2.03. The predicted octanol–water partition coefficient (Wildman–Crippen LogP) is 2.95. The fourth-order valence-corrected chi connectivity index (χ4v) is 1.74. The Labute approximate surface area is 90.2 Å². The number of aliphatic hydroxyl groups excluding tert-OH is 1. The van der Waals surface area contributed by atoms with Crippen LogP contribution in [0.5, 0.6) is 0 Å². The summed E-state index contributed by atoms with van der Waals surface area (Å²) in [7, 11) is 0. The highest BCUT2D eigenvalue weighted by Gasteiger charge is 1.95. The van der Waals surface area contributed by atoms with Gasteiger partial charge in [-0.25, -0.2) is 0 Å². The van der Waals surface area contributed by atoms with Crippen LogP contribution in [0, 0.1) is 3.57 Å². The van der Waals surface area contributed by atoms with Gasteiger partial charge >= 0.3 is 0 Å². The first kappa shape index (κ1) is 10.0. The van der Waals surface area contributed by atoms with Crippen LogP contribution >= 0.6 is 34.2 Å². The minimum atomic E-state index is 0.0440. The van der Waals surface area contributed by atoms with Gasteiger partial charge in [0, 0.05) is 8.59 Å². The van der Waals surface area contributed by atoms with Crippen molar-refractivity contribution in [3.05, 3.63) is 38.4 Å². The van der Waals surface area contributed by atoms with Crippen LogP contribution in [-0.4, -0.2) is 11.7 Å². The van der Waals surface area contributed by atoms with Gasteiger partial charge < -0.3 is 5.11 Å². The van der Waals surface area contributed by atoms with Gasteiger partial charge in [0.2, 0.25) is 0 Å². The number of benzene rings is 1. The first-order chi connectivity index (χ1) is 5.74. The molecule has 12 heavy (non-hydrogen) atoms. The first-order valence-corrected chi connectivity index (χ1v) is 4.92. The molecule has 0 amide bonds. The van der Waals surface area contributed by atoms with Crippen molar-refractivity contribution in [3.8, 4) is 0 Å². The highest BCUT2D eigenvalue weighted by molar-refractivity contribution is 14.1. The summed E-state index contributed by atoms with van der Waals surface area (Å²) in [5, 5.41) is 9.26. The van der Waals surface area contributed by atoms with Gasteiger partial charge in [-0.3, -0.25) is 0 Å². The lowest BCUT2D eigenvalue weighted by Crippen LogP contribution is -1.78. The standard InChI is InChI=1S/C9H8ClIO/c10-9-6-8(11)4-3-7(9)2-1-5-12/h1-4,6,12H,5H2/b2-1+. The van der Waals surface area contributed by atoms with E-state index in [4.69, 9.17) is 16.7 Å². The molecular weight excluding hydrogens is 286 g/mol. The van der Waals surface area contributed by atoms with E-state index >= 15 is 0 Å². The molecule has 1 N–H and O–H groups in total. The van der Waals surface area contributed by atoms with E-state index in [-0.39, 0.29) is 6.61 Å². The molecule has 0 aliphatic carbocycles. The molecule has 0 saturated heterocycles. The summed E-state index contributed by atoms with van der Waals surface area (Å²) in [5.41, 5.74) is 0.936. The Hall–Kier alpha value is -0.0600. The SMILES string of the molecule is OC/C=C/c1ccc(I)cc1Cl. The fraction of sp³-hybridized carbons (Fsp3) is 0.111. The van der Waals surface area contributed by atoms with Gasteiger partial charge in [0.1, 0.15) is 0 Å². The Kier molecular flexibility index (Phi) is 4.05. The van der Waals surface area contributed by atoms with Crippen molar-refractivity contribution < 1.29 is 5.11 Å². The quantitative estimate of drug-likeness (QED) is 0.832. The maximum atomic E-state index is 8.54. The van der Waals surface area contributed by atoms with Crippen LogP contribution in [0.2, 0.25) is 5.02 Å². The van der Waals surface area contributed by atoms with E-state index in [1.807, 2.05) is 18.2 Å². The number of hydrogen-bond acceptors (Lipinski definition) is 1. The number of rotatable bonds is 2. The average molecular weight is 295 g/mol. The van der Waals surface area contributed by atoms with Crippen molar-refractivity contribution >= 4 is 40.3 Å². The zero-order chi connectivity index (χ0) is 8.97. The maximum absolute atomic E-state index is 8.54. The Morgan fingerprint density at radius 2 is 2.25 bits per heavy atom. The minimum Gasteiger partial charge on any atom is -0.392 e. The van der Waals surface area contributed by atoms with Crippen LogP contribution < -0.4 is 0 Å². The highest BCUT2D eigenvalue weighted by Crippen LogP contribution is 2.19. The molecule has 0 unspecified atom stereocenters. The fourth-order valence-electron chi connectivity index (χ4n) is 0.816. The molecule has 0 fully saturated rings. The Morgan fingerprint density at radius 1 is 1.50 bits per heavy atom. The summed E-state index contributed by atoms with van der Waals surface area (Å²) in [5.74, 6) is 0. The van der Waals surface area contributed by atoms with E-state index in [0.717, 1.165) is 9.13 Å². The van der Waals surface area contributed by atoms with Gasteiger partial charge in [-0.2, -0.15) is 0 Å². The Balaban J connectivity index is 2.94. The van der Waals surface area contributed by atoms with E-state index in [2.05, 4.69) is 22.6 Å². The topological polar surface area (TPSA) is 20.2 Å². The molecule has 0 saturated carbocycles. The van der Waals surface area contributed by atoms with Crippen molar-refractivity contribution in [3.63, 3.8) is 0 Å². The summed E-state index contributed by atoms with van der Waals surface area (Å²) in [6, 6.07) is 5.79. The van der Waals surface area contributed by atoms with E-state index in [1.165, 1.54) is 0 Å². The molecule has 0 spiro atoms. The maximum Gasteiger partial charge on any atom is 0.0615 e. The van der Waals surface area contributed by atoms with Gasteiger partial charge in [-0.15, -0.1) is 0 Å². The van der Waals surface area contributed by atoms with Gasteiger partial charge in [-0.05, 0) is 40.3 Å². The third kappa shape index (κ3) is 2.77. The molecule has 0 aromatic heterocycles. The second-order valence-electron chi connectivity index (χ2n) is 2.25. The monoisotopic (exact) mass is 294 g/mol. The first-order valence-electron chi connectivity index (χ1n) is 3.46. The second-order valence-corrected chi connectivity index (χ2v) is 3.90. The molecule has 1 aromatic carbocycles. The normalized spacial score (nSPS) is 10.9. The molecule has 0 radical (unpaired) electrons. The van der Waals surface area contributed by atoms with Crippen LogP contribution in [-0.2, 0) is 0 Å². The smallest absolute Gasteiger partial charge is 0.0615 e. The number of halogens is 2. The zero-order valence-electron chi connectivity index (χ0n) is 6.30. The lowest BCUT2D eigenvalue weighted by Gasteiger charge is -1.97. The third-order valence-corrected chi connectivity index (χ3v) is 2.36. The van der Waals surface area contributed by atoms with Crippen molar-refractivity contribution in [1.29, 1.82) is 0 Å². The molecule has 3 heteroatoms. The molecule has 1 nitrogen and oxygen atoms in total. The molecule has 0 aliphatic rings. The summed E-state index contributed by atoms with van der Waals surface area (Å²) in [4.78, 5) is 0. The van der Waals surface area contributed by atoms with E-state index < -0.39 is 0 Å². The molecule has 0 bridgehead atoms. The molecular formula is C9H8ClIO. The van der Waals surface area contributed by atoms with Crippen molar-refractivity contribution in [2.45, 2.75) is 0 Å². The van der Waals surface area contributed by atoms with E-state index in [1.54, 1.807) is 12.2 Å². The van der Waals surface area contributed by atoms with Crippen molar-refractivity contribution in [1.82, 2.24) is 0 Å². The largest absolute Gasteiger partial charge is 0.392 e. The van der Waals surface area contributed by atoms with Gasteiger partial charge in [-0.1, -0.05) is 29.8 Å². The lowest BCUT2D eigenvalue weighted by atomic mass is 10.2. The van der Waals surface area contributed by atoms with Crippen LogP contribution in [0.3, 0.4) is 0 Å². The van der Waals surface area contributed by atoms with E-state index in [9.17, 15) is 0 Å². The minimum absolute atomic E-state index is 0.0440. The number of aliphatic hydroxyl groups is 1. The summed E-state index contributed by atoms with van der Waals surface area (Å²) in [6.45, 7) is 0.0440. The van der Waals surface area contributed by atoms with Crippen LogP contribution in [0.15, 0.2) is 24.3 Å². The van der Waals surface area contributed by atoms with E-state index in [0.29, 0.717) is 5.02 Å². The molecule has 0 aliphatic heterocycles. The molecule has 0 heterocycles. The van der Waals surface area contributed by atoms with Crippen LogP contribution in [0.1, 0.15) is 5.56 Å². The highest BCUT2D eigenvalue weighted by atomic mass is 127.